The van der Waals surface area contributed by atoms with Crippen molar-refractivity contribution < 1.29 is 4.79 Å². The number of aromatic nitrogens is 3. The first-order valence-corrected chi connectivity index (χ1v) is 16.4. The average Bonchev–Trinajstić information content (AvgIpc) is 3.36. The van der Waals surface area contributed by atoms with Crippen LogP contribution in [0.4, 0.5) is 0 Å². The lowest BCUT2D eigenvalue weighted by molar-refractivity contribution is 0.0741. The van der Waals surface area contributed by atoms with E-state index in [1.54, 1.807) is 0 Å². The molecule has 4 aromatic rings. The third-order valence-corrected chi connectivity index (χ3v) is 8.97. The third-order valence-electron chi connectivity index (χ3n) is 8.97. The Morgan fingerprint density at radius 2 is 1.55 bits per heavy atom. The molecule has 1 amide bonds. The van der Waals surface area contributed by atoms with E-state index in [0.717, 1.165) is 73.6 Å². The second-order valence-corrected chi connectivity index (χ2v) is 13.2. The molecule has 0 unspecified atom stereocenters. The number of para-hydroxylation sites is 1. The number of hydrogen-bond donors (Lipinski definition) is 0. The lowest BCUT2D eigenvalue weighted by Crippen LogP contribution is -2.34. The fourth-order valence-corrected chi connectivity index (χ4v) is 6.32. The molecular formula is C36H51N5O. The summed E-state index contributed by atoms with van der Waals surface area (Å²) in [5.41, 5.74) is 5.11. The summed E-state index contributed by atoms with van der Waals surface area (Å²) in [6.45, 7) is 14.9. The lowest BCUT2D eigenvalue weighted by atomic mass is 10.1. The molecule has 2 aromatic heterocycles. The van der Waals surface area contributed by atoms with Crippen LogP contribution in [-0.4, -0.2) is 62.5 Å². The van der Waals surface area contributed by atoms with Crippen LogP contribution in [0.5, 0.6) is 0 Å². The Balaban J connectivity index is 1.50. The maximum atomic E-state index is 13.9. The molecule has 0 radical (unpaired) electrons. The van der Waals surface area contributed by atoms with Gasteiger partial charge in [0.15, 0.2) is 5.82 Å². The second-order valence-electron chi connectivity index (χ2n) is 13.2. The predicted molar refractivity (Wildman–Crippen MR) is 176 cm³/mol. The van der Waals surface area contributed by atoms with Gasteiger partial charge in [0.25, 0.3) is 5.91 Å². The van der Waals surface area contributed by atoms with Crippen molar-refractivity contribution in [2.45, 2.75) is 79.2 Å². The monoisotopic (exact) mass is 569 g/mol. The van der Waals surface area contributed by atoms with E-state index >= 15 is 0 Å². The van der Waals surface area contributed by atoms with Crippen LogP contribution in [0.2, 0.25) is 0 Å². The van der Waals surface area contributed by atoms with Gasteiger partial charge >= 0.3 is 0 Å². The SMILES string of the molecule is CC(C)CCN(CCC(C)C)C(=O)c1ccc2nc(-c3cc4ccccc4n3C)n(CCCN3CCCCCC3)c2c1. The molecule has 6 nitrogen and oxygen atoms in total. The fraction of sp³-hybridized carbons (Fsp3) is 0.556. The molecule has 6 heteroatoms. The van der Waals surface area contributed by atoms with E-state index in [4.69, 9.17) is 4.98 Å². The minimum atomic E-state index is 0.140. The van der Waals surface area contributed by atoms with Gasteiger partial charge in [-0.25, -0.2) is 4.98 Å². The van der Waals surface area contributed by atoms with Crippen molar-refractivity contribution in [3.63, 3.8) is 0 Å². The van der Waals surface area contributed by atoms with Gasteiger partial charge in [0.05, 0.1) is 16.7 Å². The van der Waals surface area contributed by atoms with Gasteiger partial charge < -0.3 is 18.9 Å². The molecule has 0 atom stereocenters. The van der Waals surface area contributed by atoms with Crippen LogP contribution in [0.1, 0.15) is 83.0 Å². The first-order valence-electron chi connectivity index (χ1n) is 16.4. The van der Waals surface area contributed by atoms with Gasteiger partial charge in [-0.3, -0.25) is 4.79 Å². The van der Waals surface area contributed by atoms with Crippen molar-refractivity contribution in [3.05, 3.63) is 54.1 Å². The van der Waals surface area contributed by atoms with Crippen molar-refractivity contribution in [2.75, 3.05) is 32.7 Å². The zero-order valence-corrected chi connectivity index (χ0v) is 26.6. The summed E-state index contributed by atoms with van der Waals surface area (Å²) in [5, 5.41) is 1.22. The number of rotatable bonds is 12. The maximum absolute atomic E-state index is 13.9. The zero-order chi connectivity index (χ0) is 29.6. The Morgan fingerprint density at radius 1 is 0.857 bits per heavy atom. The molecule has 0 saturated carbocycles. The fourth-order valence-electron chi connectivity index (χ4n) is 6.32. The quantitative estimate of drug-likeness (QED) is 0.174. The first kappa shape index (κ1) is 30.3. The summed E-state index contributed by atoms with van der Waals surface area (Å²) in [5.74, 6) is 2.26. The summed E-state index contributed by atoms with van der Waals surface area (Å²) < 4.78 is 4.64. The van der Waals surface area contributed by atoms with Gasteiger partial charge in [0.2, 0.25) is 0 Å². The van der Waals surface area contributed by atoms with Crippen LogP contribution >= 0.6 is 0 Å². The molecule has 2 aromatic carbocycles. The molecule has 5 rings (SSSR count). The molecule has 1 aliphatic rings. The van der Waals surface area contributed by atoms with E-state index in [-0.39, 0.29) is 5.91 Å². The van der Waals surface area contributed by atoms with Crippen LogP contribution in [-0.2, 0) is 13.6 Å². The minimum Gasteiger partial charge on any atom is -0.341 e. The van der Waals surface area contributed by atoms with Crippen molar-refractivity contribution in [2.24, 2.45) is 18.9 Å². The second kappa shape index (κ2) is 13.9. The highest BCUT2D eigenvalue weighted by molar-refractivity contribution is 5.98. The lowest BCUT2D eigenvalue weighted by Gasteiger charge is -2.25. The predicted octanol–water partition coefficient (Wildman–Crippen LogP) is 8.00. The van der Waals surface area contributed by atoms with Gasteiger partial charge in [-0.1, -0.05) is 58.7 Å². The first-order chi connectivity index (χ1) is 20.3. The Hall–Kier alpha value is -3.12. The molecular weight excluding hydrogens is 518 g/mol. The minimum absolute atomic E-state index is 0.140. The van der Waals surface area contributed by atoms with Gasteiger partial charge in [-0.2, -0.15) is 0 Å². The van der Waals surface area contributed by atoms with E-state index in [1.807, 2.05) is 6.07 Å². The molecule has 1 aliphatic heterocycles. The number of imidazole rings is 1. The summed E-state index contributed by atoms with van der Waals surface area (Å²) in [4.78, 5) is 23.8. The van der Waals surface area contributed by atoms with E-state index in [9.17, 15) is 4.79 Å². The van der Waals surface area contributed by atoms with Gasteiger partial charge in [0.1, 0.15) is 0 Å². The van der Waals surface area contributed by atoms with Crippen LogP contribution < -0.4 is 0 Å². The van der Waals surface area contributed by atoms with E-state index in [0.29, 0.717) is 11.8 Å². The van der Waals surface area contributed by atoms with Crippen molar-refractivity contribution in [3.8, 4) is 11.5 Å². The molecule has 1 saturated heterocycles. The molecule has 0 N–H and O–H groups in total. The smallest absolute Gasteiger partial charge is 0.253 e. The number of fused-ring (bicyclic) bond motifs is 2. The molecule has 0 spiro atoms. The standard InChI is InChI=1S/C36H51N5O/c1-27(2)17-23-40(24-18-28(3)4)36(42)30-15-16-31-33(26-30)41(22-12-21-39-19-10-6-7-11-20-39)35(37-31)34-25-29-13-8-9-14-32(29)38(34)5/h8-9,13-16,25-28H,6-7,10-12,17-24H2,1-5H3. The highest BCUT2D eigenvalue weighted by Gasteiger charge is 2.21. The van der Waals surface area contributed by atoms with Crippen molar-refractivity contribution >= 4 is 27.8 Å². The Labute approximate surface area is 252 Å². The van der Waals surface area contributed by atoms with Gasteiger partial charge in [-0.05, 0) is 93.9 Å². The number of hydrogen-bond acceptors (Lipinski definition) is 3. The Kier molecular flexibility index (Phi) is 10.0. The van der Waals surface area contributed by atoms with Crippen LogP contribution in [0.3, 0.4) is 0 Å². The van der Waals surface area contributed by atoms with Gasteiger partial charge in [0, 0.05) is 43.1 Å². The number of likely N-dealkylation sites (tertiary alicyclic amines) is 1. The Bertz CT molecular complexity index is 1460. The average molecular weight is 570 g/mol. The molecule has 1 fully saturated rings. The molecule has 226 valence electrons. The number of carbonyl (C=O) groups excluding carboxylic acids is 1. The number of carbonyl (C=O) groups is 1. The number of nitrogens with zero attached hydrogens (tertiary/aromatic N) is 5. The molecule has 3 heterocycles. The van der Waals surface area contributed by atoms with Crippen LogP contribution in [0.15, 0.2) is 48.5 Å². The van der Waals surface area contributed by atoms with Crippen LogP contribution in [0, 0.1) is 11.8 Å². The number of aryl methyl sites for hydroxylation is 2. The number of benzene rings is 2. The largest absolute Gasteiger partial charge is 0.341 e. The summed E-state index contributed by atoms with van der Waals surface area (Å²) in [7, 11) is 2.13. The molecule has 42 heavy (non-hydrogen) atoms. The molecule has 0 aliphatic carbocycles. The Morgan fingerprint density at radius 3 is 2.21 bits per heavy atom. The van der Waals surface area contributed by atoms with E-state index in [1.165, 1.54) is 49.7 Å². The highest BCUT2D eigenvalue weighted by atomic mass is 16.2. The topological polar surface area (TPSA) is 46.3 Å². The van der Waals surface area contributed by atoms with Crippen LogP contribution in [0.25, 0.3) is 33.5 Å². The zero-order valence-electron chi connectivity index (χ0n) is 26.6. The highest BCUT2D eigenvalue weighted by Crippen LogP contribution is 2.31. The summed E-state index contributed by atoms with van der Waals surface area (Å²) in [6, 6.07) is 17.0. The molecule has 0 bridgehead atoms. The maximum Gasteiger partial charge on any atom is 0.253 e. The van der Waals surface area contributed by atoms with Gasteiger partial charge in [-0.15, -0.1) is 0 Å². The van der Waals surface area contributed by atoms with Crippen molar-refractivity contribution in [1.29, 1.82) is 0 Å². The summed E-state index contributed by atoms with van der Waals surface area (Å²) in [6.07, 6.45) is 8.44. The normalized spacial score (nSPS) is 14.8. The summed E-state index contributed by atoms with van der Waals surface area (Å²) >= 11 is 0. The van der Waals surface area contributed by atoms with E-state index < -0.39 is 0 Å². The third kappa shape index (κ3) is 7.08. The van der Waals surface area contributed by atoms with Crippen molar-refractivity contribution in [1.82, 2.24) is 23.9 Å². The van der Waals surface area contributed by atoms with E-state index in [2.05, 4.69) is 96.1 Å². The number of amides is 1.